The number of nitrogens with zero attached hydrogens (tertiary/aromatic N) is 2. The summed E-state index contributed by atoms with van der Waals surface area (Å²) in [7, 11) is 0. The van der Waals surface area contributed by atoms with Gasteiger partial charge in [0.1, 0.15) is 11.1 Å². The lowest BCUT2D eigenvalue weighted by Gasteiger charge is -2.23. The maximum Gasteiger partial charge on any atom is 0.402 e. The van der Waals surface area contributed by atoms with E-state index in [0.717, 1.165) is 0 Å². The lowest BCUT2D eigenvalue weighted by atomic mass is 10.1. The van der Waals surface area contributed by atoms with Crippen LogP contribution in [0.15, 0.2) is 5.16 Å². The Balaban J connectivity index is 2.79. The molecule has 4 nitrogen and oxygen atoms in total. The van der Waals surface area contributed by atoms with Crippen molar-refractivity contribution in [3.63, 3.8) is 0 Å². The third-order valence-electron chi connectivity index (χ3n) is 1.99. The van der Waals surface area contributed by atoms with Crippen molar-refractivity contribution in [1.29, 1.82) is 0 Å². The van der Waals surface area contributed by atoms with Gasteiger partial charge in [-0.15, -0.1) is 5.10 Å². The van der Waals surface area contributed by atoms with E-state index >= 15 is 0 Å². The largest absolute Gasteiger partial charge is 0.402 e. The number of nitrogens with two attached hydrogens (primary N) is 1. The minimum Gasteiger partial charge on any atom is -0.326 e. The second kappa shape index (κ2) is 5.05. The van der Waals surface area contributed by atoms with Crippen LogP contribution in [-0.2, 0) is 0 Å². The highest BCUT2D eigenvalue weighted by molar-refractivity contribution is 7.99. The molecule has 1 aromatic heterocycles. The Bertz CT molecular complexity index is 338. The number of aryl methyl sites for hydroxylation is 1. The zero-order valence-electron chi connectivity index (χ0n) is 8.88. The van der Waals surface area contributed by atoms with Gasteiger partial charge in [0.15, 0.2) is 0 Å². The van der Waals surface area contributed by atoms with E-state index in [9.17, 15) is 13.2 Å². The molecule has 0 radical (unpaired) electrons. The maximum atomic E-state index is 12.7. The Morgan fingerprint density at radius 2 is 2.12 bits per heavy atom. The number of hydrogen-bond donors (Lipinski definition) is 2. The van der Waals surface area contributed by atoms with Crippen LogP contribution in [0, 0.1) is 6.92 Å². The van der Waals surface area contributed by atoms with Crippen molar-refractivity contribution < 1.29 is 13.2 Å². The van der Waals surface area contributed by atoms with Crippen molar-refractivity contribution in [2.45, 2.75) is 42.9 Å². The van der Waals surface area contributed by atoms with Crippen molar-refractivity contribution in [3.8, 4) is 0 Å². The molecule has 0 spiro atoms. The maximum absolute atomic E-state index is 12.7. The minimum absolute atomic E-state index is 0.0729. The third kappa shape index (κ3) is 3.38. The number of aromatic amines is 1. The Kier molecular flexibility index (Phi) is 4.20. The van der Waals surface area contributed by atoms with Gasteiger partial charge in [-0.05, 0) is 13.3 Å². The molecule has 16 heavy (non-hydrogen) atoms. The van der Waals surface area contributed by atoms with Gasteiger partial charge in [-0.1, -0.05) is 18.7 Å². The first-order valence-corrected chi connectivity index (χ1v) is 5.60. The van der Waals surface area contributed by atoms with Gasteiger partial charge in [0.05, 0.1) is 0 Å². The topological polar surface area (TPSA) is 67.6 Å². The van der Waals surface area contributed by atoms with Crippen molar-refractivity contribution in [3.05, 3.63) is 5.82 Å². The quantitative estimate of drug-likeness (QED) is 0.805. The lowest BCUT2D eigenvalue weighted by molar-refractivity contribution is -0.132. The van der Waals surface area contributed by atoms with Crippen molar-refractivity contribution in [1.82, 2.24) is 15.2 Å². The molecule has 3 N–H and O–H groups in total. The van der Waals surface area contributed by atoms with E-state index in [4.69, 9.17) is 5.73 Å². The summed E-state index contributed by atoms with van der Waals surface area (Å²) in [6.45, 7) is 3.24. The molecule has 1 rings (SSSR count). The second-order valence-corrected chi connectivity index (χ2v) is 4.46. The second-order valence-electron chi connectivity index (χ2n) is 3.36. The number of thioether (sulfide) groups is 1. The van der Waals surface area contributed by atoms with E-state index in [1.807, 2.05) is 0 Å². The van der Waals surface area contributed by atoms with Crippen LogP contribution >= 0.6 is 11.8 Å². The molecule has 0 fully saturated rings. The van der Waals surface area contributed by atoms with E-state index in [0.29, 0.717) is 17.6 Å². The molecule has 2 unspecified atom stereocenters. The fourth-order valence-electron chi connectivity index (χ4n) is 1.10. The Morgan fingerprint density at radius 3 is 2.50 bits per heavy atom. The molecule has 0 saturated heterocycles. The monoisotopic (exact) mass is 254 g/mol. The number of halogens is 3. The predicted molar refractivity (Wildman–Crippen MR) is 55.1 cm³/mol. The van der Waals surface area contributed by atoms with Crippen molar-refractivity contribution in [2.75, 3.05) is 0 Å². The number of rotatable bonds is 4. The summed E-state index contributed by atoms with van der Waals surface area (Å²) in [6.07, 6.45) is -4.10. The van der Waals surface area contributed by atoms with Crippen LogP contribution < -0.4 is 5.73 Å². The highest BCUT2D eigenvalue weighted by Crippen LogP contribution is 2.35. The molecule has 92 valence electrons. The number of hydrogen-bond acceptors (Lipinski definition) is 4. The summed E-state index contributed by atoms with van der Waals surface area (Å²) in [4.78, 5) is 3.82. The average molecular weight is 254 g/mol. The molecule has 0 aliphatic rings. The summed E-state index contributed by atoms with van der Waals surface area (Å²) in [5.74, 6) is 0.480. The number of nitrogens with one attached hydrogen (secondary N) is 1. The zero-order chi connectivity index (χ0) is 12.3. The first kappa shape index (κ1) is 13.3. The first-order chi connectivity index (χ1) is 7.34. The van der Waals surface area contributed by atoms with Crippen LogP contribution in [0.4, 0.5) is 13.2 Å². The van der Waals surface area contributed by atoms with Crippen LogP contribution in [0.1, 0.15) is 19.2 Å². The molecule has 0 aliphatic carbocycles. The van der Waals surface area contributed by atoms with Crippen LogP contribution in [-0.4, -0.2) is 32.6 Å². The third-order valence-corrected chi connectivity index (χ3v) is 3.26. The van der Waals surface area contributed by atoms with Gasteiger partial charge < -0.3 is 5.73 Å². The van der Waals surface area contributed by atoms with E-state index in [1.54, 1.807) is 13.8 Å². The fourth-order valence-corrected chi connectivity index (χ4v) is 2.12. The van der Waals surface area contributed by atoms with E-state index in [-0.39, 0.29) is 11.6 Å². The molecular weight excluding hydrogens is 241 g/mol. The van der Waals surface area contributed by atoms with Crippen LogP contribution in [0.3, 0.4) is 0 Å². The van der Waals surface area contributed by atoms with Gasteiger partial charge in [-0.3, -0.25) is 5.10 Å². The van der Waals surface area contributed by atoms with Crippen LogP contribution in [0.25, 0.3) is 0 Å². The minimum atomic E-state index is -4.35. The molecule has 0 amide bonds. The van der Waals surface area contributed by atoms with E-state index in [1.165, 1.54) is 0 Å². The fraction of sp³-hybridized carbons (Fsp3) is 0.750. The van der Waals surface area contributed by atoms with Gasteiger partial charge in [-0.2, -0.15) is 13.2 Å². The summed E-state index contributed by atoms with van der Waals surface area (Å²) >= 11 is 0.546. The molecule has 0 bridgehead atoms. The highest BCUT2D eigenvalue weighted by atomic mass is 32.2. The number of aromatic nitrogens is 3. The van der Waals surface area contributed by atoms with Crippen molar-refractivity contribution >= 4 is 11.8 Å². The number of H-pyrrole nitrogens is 1. The van der Waals surface area contributed by atoms with Gasteiger partial charge in [0.2, 0.25) is 5.16 Å². The van der Waals surface area contributed by atoms with Gasteiger partial charge >= 0.3 is 6.18 Å². The summed E-state index contributed by atoms with van der Waals surface area (Å²) in [5, 5.41) is 4.55. The molecule has 0 aromatic carbocycles. The standard InChI is InChI=1S/C8H13F3N4S/c1-3-5(12)6(8(9,10)11)16-7-13-4(2)14-15-7/h5-6H,3,12H2,1-2H3,(H,13,14,15). The zero-order valence-corrected chi connectivity index (χ0v) is 9.69. The van der Waals surface area contributed by atoms with Crippen LogP contribution in [0.5, 0.6) is 0 Å². The molecule has 2 atom stereocenters. The molecule has 8 heteroatoms. The van der Waals surface area contributed by atoms with E-state index in [2.05, 4.69) is 15.2 Å². The molecule has 0 saturated carbocycles. The predicted octanol–water partition coefficient (Wildman–Crippen LogP) is 1.87. The molecule has 1 aromatic rings. The summed E-state index contributed by atoms with van der Waals surface area (Å²) in [6, 6.07) is -0.955. The SMILES string of the molecule is CCC(N)C(Sc1n[nH]c(C)n1)C(F)(F)F. The highest BCUT2D eigenvalue weighted by Gasteiger charge is 2.44. The summed E-state index contributed by atoms with van der Waals surface area (Å²) in [5.41, 5.74) is 5.45. The Hall–Kier alpha value is -0.760. The smallest absolute Gasteiger partial charge is 0.326 e. The van der Waals surface area contributed by atoms with Crippen molar-refractivity contribution in [2.24, 2.45) is 5.73 Å². The van der Waals surface area contributed by atoms with E-state index < -0.39 is 17.5 Å². The lowest BCUT2D eigenvalue weighted by Crippen LogP contribution is -2.42. The van der Waals surface area contributed by atoms with Gasteiger partial charge in [0.25, 0.3) is 0 Å². The first-order valence-electron chi connectivity index (χ1n) is 4.72. The molecule has 0 aliphatic heterocycles. The van der Waals surface area contributed by atoms with Crippen LogP contribution in [0.2, 0.25) is 0 Å². The van der Waals surface area contributed by atoms with Gasteiger partial charge in [-0.25, -0.2) is 4.98 Å². The summed E-state index contributed by atoms with van der Waals surface area (Å²) < 4.78 is 38.1. The average Bonchev–Trinajstić information content (AvgIpc) is 2.57. The molecular formula is C8H13F3N4S. The van der Waals surface area contributed by atoms with Gasteiger partial charge in [0, 0.05) is 6.04 Å². The Morgan fingerprint density at radius 1 is 1.50 bits per heavy atom. The number of alkyl halides is 3. The Labute approximate surface area is 95.2 Å². The normalized spacial score (nSPS) is 16.1. The molecule has 1 heterocycles.